The van der Waals surface area contributed by atoms with Gasteiger partial charge in [0.2, 0.25) is 5.91 Å². The van der Waals surface area contributed by atoms with Crippen molar-refractivity contribution in [1.29, 1.82) is 0 Å². The molecular weight excluding hydrogens is 346 g/mol. The molecule has 0 spiro atoms. The molecular formula is C20H29N3O4. The molecule has 1 fully saturated rings. The van der Waals surface area contributed by atoms with Crippen molar-refractivity contribution in [3.8, 4) is 11.5 Å². The summed E-state index contributed by atoms with van der Waals surface area (Å²) in [6.45, 7) is 3.33. The Labute approximate surface area is 160 Å². The molecule has 1 atom stereocenters. The van der Waals surface area contributed by atoms with Crippen molar-refractivity contribution in [2.24, 2.45) is 0 Å². The van der Waals surface area contributed by atoms with Crippen LogP contribution < -0.4 is 25.4 Å². The summed E-state index contributed by atoms with van der Waals surface area (Å²) in [5.41, 5.74) is 0.954. The quantitative estimate of drug-likeness (QED) is 0.713. The van der Waals surface area contributed by atoms with Crippen LogP contribution in [0.2, 0.25) is 0 Å². The number of hydrogen-bond donors (Lipinski definition) is 3. The Bertz CT molecular complexity index is 659. The predicted molar refractivity (Wildman–Crippen MR) is 102 cm³/mol. The molecule has 0 unspecified atom stereocenters. The first-order valence-corrected chi connectivity index (χ1v) is 9.85. The molecule has 7 heteroatoms. The third-order valence-electron chi connectivity index (χ3n) is 5.02. The van der Waals surface area contributed by atoms with Gasteiger partial charge in [0.15, 0.2) is 11.5 Å². The first kappa shape index (κ1) is 19.3. The number of carbonyl (C=O) groups excluding carboxylic acids is 2. The van der Waals surface area contributed by atoms with Crippen LogP contribution in [-0.4, -0.2) is 37.7 Å². The minimum Gasteiger partial charge on any atom is -0.486 e. The summed E-state index contributed by atoms with van der Waals surface area (Å²) in [6, 6.07) is 5.62. The second kappa shape index (κ2) is 9.48. The average molecular weight is 375 g/mol. The summed E-state index contributed by atoms with van der Waals surface area (Å²) >= 11 is 0. The van der Waals surface area contributed by atoms with E-state index >= 15 is 0 Å². The van der Waals surface area contributed by atoms with Gasteiger partial charge in [-0.3, -0.25) is 4.79 Å². The highest BCUT2D eigenvalue weighted by Gasteiger charge is 2.17. The van der Waals surface area contributed by atoms with E-state index in [4.69, 9.17) is 9.47 Å². The second-order valence-electron chi connectivity index (χ2n) is 7.18. The van der Waals surface area contributed by atoms with Crippen LogP contribution in [-0.2, 0) is 4.79 Å². The number of nitrogens with one attached hydrogen (secondary N) is 3. The summed E-state index contributed by atoms with van der Waals surface area (Å²) in [4.78, 5) is 24.0. The van der Waals surface area contributed by atoms with Crippen LogP contribution in [0, 0.1) is 0 Å². The zero-order valence-corrected chi connectivity index (χ0v) is 15.9. The monoisotopic (exact) mass is 375 g/mol. The van der Waals surface area contributed by atoms with E-state index in [1.165, 1.54) is 19.3 Å². The molecule has 3 rings (SSSR count). The molecule has 7 nitrogen and oxygen atoms in total. The molecule has 1 aliphatic heterocycles. The first-order chi connectivity index (χ1) is 13.1. The van der Waals surface area contributed by atoms with Gasteiger partial charge in [-0.1, -0.05) is 25.3 Å². The zero-order chi connectivity index (χ0) is 19.1. The van der Waals surface area contributed by atoms with Gasteiger partial charge in [-0.15, -0.1) is 0 Å². The number of fused-ring (bicyclic) bond motifs is 1. The molecule has 1 saturated carbocycles. The lowest BCUT2D eigenvalue weighted by atomic mass is 9.96. The van der Waals surface area contributed by atoms with Gasteiger partial charge < -0.3 is 25.4 Å². The van der Waals surface area contributed by atoms with Gasteiger partial charge in [-0.2, -0.15) is 0 Å². The highest BCUT2D eigenvalue weighted by Crippen LogP contribution is 2.32. The highest BCUT2D eigenvalue weighted by atomic mass is 16.6. The molecule has 2 aliphatic rings. The average Bonchev–Trinajstić information content (AvgIpc) is 2.68. The Kier molecular flexibility index (Phi) is 6.79. The van der Waals surface area contributed by atoms with Crippen molar-refractivity contribution < 1.29 is 19.1 Å². The fraction of sp³-hybridized carbons (Fsp3) is 0.600. The number of urea groups is 1. The van der Waals surface area contributed by atoms with E-state index in [9.17, 15) is 9.59 Å². The van der Waals surface area contributed by atoms with Crippen molar-refractivity contribution in [3.05, 3.63) is 23.8 Å². The van der Waals surface area contributed by atoms with E-state index in [2.05, 4.69) is 16.0 Å². The smallest absolute Gasteiger partial charge is 0.315 e. The highest BCUT2D eigenvalue weighted by molar-refractivity contribution is 5.78. The topological polar surface area (TPSA) is 88.7 Å². The van der Waals surface area contributed by atoms with Crippen LogP contribution in [0.4, 0.5) is 4.79 Å². The lowest BCUT2D eigenvalue weighted by Crippen LogP contribution is -2.43. The summed E-state index contributed by atoms with van der Waals surface area (Å²) in [5, 5.41) is 8.70. The van der Waals surface area contributed by atoms with Crippen molar-refractivity contribution in [1.82, 2.24) is 16.0 Å². The van der Waals surface area contributed by atoms with Crippen LogP contribution in [0.5, 0.6) is 11.5 Å². The maximum absolute atomic E-state index is 12.1. The van der Waals surface area contributed by atoms with E-state index in [0.29, 0.717) is 25.5 Å². The van der Waals surface area contributed by atoms with Crippen LogP contribution >= 0.6 is 0 Å². The Balaban J connectivity index is 1.37. The van der Waals surface area contributed by atoms with Crippen molar-refractivity contribution >= 4 is 11.9 Å². The van der Waals surface area contributed by atoms with Gasteiger partial charge in [0.1, 0.15) is 13.2 Å². The Morgan fingerprint density at radius 2 is 1.85 bits per heavy atom. The molecule has 0 radical (unpaired) electrons. The number of carbonyl (C=O) groups is 2. The Morgan fingerprint density at radius 1 is 1.11 bits per heavy atom. The molecule has 0 bridgehead atoms. The summed E-state index contributed by atoms with van der Waals surface area (Å²) in [7, 11) is 0. The van der Waals surface area contributed by atoms with E-state index in [0.717, 1.165) is 24.2 Å². The van der Waals surface area contributed by atoms with Crippen LogP contribution in [0.1, 0.15) is 57.1 Å². The fourth-order valence-corrected chi connectivity index (χ4v) is 3.50. The number of rotatable bonds is 6. The lowest BCUT2D eigenvalue weighted by Gasteiger charge is -2.23. The molecule has 1 aliphatic carbocycles. The third-order valence-corrected chi connectivity index (χ3v) is 5.02. The normalized spacial score (nSPS) is 17.7. The van der Waals surface area contributed by atoms with E-state index in [-0.39, 0.29) is 30.4 Å². The van der Waals surface area contributed by atoms with Crippen molar-refractivity contribution in [2.45, 2.75) is 57.5 Å². The molecule has 148 valence electrons. The molecule has 3 N–H and O–H groups in total. The lowest BCUT2D eigenvalue weighted by molar-refractivity contribution is -0.121. The van der Waals surface area contributed by atoms with Crippen LogP contribution in [0.15, 0.2) is 18.2 Å². The number of benzene rings is 1. The second-order valence-corrected chi connectivity index (χ2v) is 7.18. The largest absolute Gasteiger partial charge is 0.486 e. The first-order valence-electron chi connectivity index (χ1n) is 9.85. The fourth-order valence-electron chi connectivity index (χ4n) is 3.50. The van der Waals surface area contributed by atoms with Gasteiger partial charge in [0, 0.05) is 19.0 Å². The van der Waals surface area contributed by atoms with Crippen LogP contribution in [0.25, 0.3) is 0 Å². The summed E-state index contributed by atoms with van der Waals surface area (Å²) in [5.74, 6) is 1.34. The van der Waals surface area contributed by atoms with Gasteiger partial charge in [0.05, 0.1) is 6.04 Å². The molecule has 3 amide bonds. The van der Waals surface area contributed by atoms with Crippen molar-refractivity contribution in [3.63, 3.8) is 0 Å². The minimum atomic E-state index is -0.186. The number of amides is 3. The van der Waals surface area contributed by atoms with Gasteiger partial charge in [0.25, 0.3) is 0 Å². The number of hydrogen-bond acceptors (Lipinski definition) is 4. The summed E-state index contributed by atoms with van der Waals surface area (Å²) in [6.07, 6.45) is 5.92. The predicted octanol–water partition coefficient (Wildman–Crippen LogP) is 2.66. The van der Waals surface area contributed by atoms with E-state index < -0.39 is 0 Å². The molecule has 1 aromatic rings. The van der Waals surface area contributed by atoms with E-state index in [1.807, 2.05) is 25.1 Å². The zero-order valence-electron chi connectivity index (χ0n) is 15.9. The van der Waals surface area contributed by atoms with Gasteiger partial charge >= 0.3 is 6.03 Å². The maximum Gasteiger partial charge on any atom is 0.315 e. The van der Waals surface area contributed by atoms with Gasteiger partial charge in [-0.25, -0.2) is 4.79 Å². The minimum absolute atomic E-state index is 0.102. The van der Waals surface area contributed by atoms with Gasteiger partial charge in [-0.05, 0) is 37.5 Å². The Hall–Kier alpha value is -2.44. The third kappa shape index (κ3) is 5.77. The molecule has 27 heavy (non-hydrogen) atoms. The SMILES string of the molecule is C[C@@H](NC(=O)CCNC(=O)NC1CCCCC1)c1ccc2c(c1)OCCO2. The van der Waals surface area contributed by atoms with Crippen molar-refractivity contribution in [2.75, 3.05) is 19.8 Å². The standard InChI is InChI=1S/C20H29N3O4/c1-14(15-7-8-17-18(13-15)27-12-11-26-17)22-19(24)9-10-21-20(25)23-16-5-3-2-4-6-16/h7-8,13-14,16H,2-6,9-12H2,1H3,(H,22,24)(H2,21,23,25)/t14-/m1/s1. The van der Waals surface area contributed by atoms with Crippen LogP contribution in [0.3, 0.4) is 0 Å². The molecule has 0 saturated heterocycles. The molecule has 0 aromatic heterocycles. The molecule has 1 aromatic carbocycles. The maximum atomic E-state index is 12.1. The number of ether oxygens (including phenoxy) is 2. The summed E-state index contributed by atoms with van der Waals surface area (Å²) < 4.78 is 11.1. The Morgan fingerprint density at radius 3 is 2.63 bits per heavy atom. The molecule has 1 heterocycles. The van der Waals surface area contributed by atoms with E-state index in [1.54, 1.807) is 0 Å².